The van der Waals surface area contributed by atoms with Gasteiger partial charge in [-0.2, -0.15) is 0 Å². The Hall–Kier alpha value is -2.12. The average Bonchev–Trinajstić information content (AvgIpc) is 2.92. The highest BCUT2D eigenvalue weighted by atomic mass is 35.5. The Labute approximate surface area is 134 Å². The van der Waals surface area contributed by atoms with E-state index in [4.69, 9.17) is 26.8 Å². The lowest BCUT2D eigenvalue weighted by Crippen LogP contribution is -2.17. The topological polar surface area (TPSA) is 53.7 Å². The maximum absolute atomic E-state index is 12.2. The van der Waals surface area contributed by atoms with Crippen molar-refractivity contribution in [2.45, 2.75) is 12.4 Å². The predicted molar refractivity (Wildman–Crippen MR) is 76.7 cm³/mol. The summed E-state index contributed by atoms with van der Waals surface area (Å²) in [6.45, 7) is 0.105. The summed E-state index contributed by atoms with van der Waals surface area (Å²) in [5, 5.41) is 0.386. The number of alkyl halides is 3. The van der Waals surface area contributed by atoms with Crippen molar-refractivity contribution in [3.8, 4) is 17.2 Å². The first kappa shape index (κ1) is 15.8. The number of benzene rings is 2. The van der Waals surface area contributed by atoms with Gasteiger partial charge in [-0.1, -0.05) is 23.7 Å². The maximum Gasteiger partial charge on any atom is 0.573 e. The molecule has 0 saturated heterocycles. The van der Waals surface area contributed by atoms with E-state index in [-0.39, 0.29) is 12.5 Å². The molecule has 1 aliphatic heterocycles. The first-order valence-electron chi connectivity index (χ1n) is 6.54. The molecule has 0 spiro atoms. The normalized spacial score (nSPS) is 14.7. The molecule has 4 nitrogen and oxygen atoms in total. The molecule has 0 radical (unpaired) electrons. The third-order valence-electron chi connectivity index (χ3n) is 3.30. The van der Waals surface area contributed by atoms with Gasteiger partial charge >= 0.3 is 6.36 Å². The molecular weight excluding hydrogens is 335 g/mol. The minimum Gasteiger partial charge on any atom is -0.454 e. The zero-order valence-electron chi connectivity index (χ0n) is 11.6. The van der Waals surface area contributed by atoms with E-state index in [2.05, 4.69) is 4.74 Å². The van der Waals surface area contributed by atoms with E-state index >= 15 is 0 Å². The number of fused-ring (bicyclic) bond motifs is 1. The molecule has 1 heterocycles. The van der Waals surface area contributed by atoms with E-state index in [9.17, 15) is 13.2 Å². The Morgan fingerprint density at radius 2 is 1.70 bits per heavy atom. The van der Waals surface area contributed by atoms with Crippen LogP contribution in [0.5, 0.6) is 17.2 Å². The quantitative estimate of drug-likeness (QED) is 0.913. The molecule has 8 heteroatoms. The molecule has 0 bridgehead atoms. The highest BCUT2D eigenvalue weighted by molar-refractivity contribution is 6.31. The Balaban J connectivity index is 1.84. The third kappa shape index (κ3) is 3.46. The number of ether oxygens (including phenoxy) is 3. The van der Waals surface area contributed by atoms with E-state index in [1.807, 2.05) is 0 Å². The number of nitrogens with two attached hydrogens (primary N) is 1. The summed E-state index contributed by atoms with van der Waals surface area (Å²) in [4.78, 5) is 0. The van der Waals surface area contributed by atoms with Crippen LogP contribution >= 0.6 is 11.6 Å². The molecule has 2 aromatic carbocycles. The van der Waals surface area contributed by atoms with Crippen molar-refractivity contribution in [3.05, 3.63) is 52.5 Å². The summed E-state index contributed by atoms with van der Waals surface area (Å²) in [6.07, 6.45) is -4.73. The number of halogens is 4. The summed E-state index contributed by atoms with van der Waals surface area (Å²) in [5.41, 5.74) is 7.31. The monoisotopic (exact) mass is 345 g/mol. The van der Waals surface area contributed by atoms with Gasteiger partial charge < -0.3 is 19.9 Å². The summed E-state index contributed by atoms with van der Waals surface area (Å²) in [7, 11) is 0. The highest BCUT2D eigenvalue weighted by Gasteiger charge is 2.31. The zero-order chi connectivity index (χ0) is 16.6. The minimum atomic E-state index is -4.73. The van der Waals surface area contributed by atoms with Crippen LogP contribution in [-0.2, 0) is 0 Å². The maximum atomic E-state index is 12.2. The summed E-state index contributed by atoms with van der Waals surface area (Å²) >= 11 is 6.18. The van der Waals surface area contributed by atoms with Crippen molar-refractivity contribution in [2.24, 2.45) is 5.73 Å². The van der Waals surface area contributed by atoms with Gasteiger partial charge in [0.2, 0.25) is 6.79 Å². The molecule has 1 atom stereocenters. The molecule has 2 N–H and O–H groups in total. The van der Waals surface area contributed by atoms with Crippen molar-refractivity contribution in [3.63, 3.8) is 0 Å². The standard InChI is InChI=1S/C15H11ClF3NO3/c16-11-6-13-12(21-7-22-13)5-10(11)14(20)8-1-3-9(4-2-8)23-15(17,18)19/h1-6,14H,7,20H2/t14-/m0/s1. The number of hydrogen-bond donors (Lipinski definition) is 1. The van der Waals surface area contributed by atoms with Crippen LogP contribution in [0.1, 0.15) is 17.2 Å². The van der Waals surface area contributed by atoms with Crippen molar-refractivity contribution in [1.29, 1.82) is 0 Å². The molecule has 0 saturated carbocycles. The van der Waals surface area contributed by atoms with Crippen LogP contribution in [0, 0.1) is 0 Å². The largest absolute Gasteiger partial charge is 0.573 e. The molecule has 0 aromatic heterocycles. The van der Waals surface area contributed by atoms with Gasteiger partial charge in [0.25, 0.3) is 0 Å². The molecule has 23 heavy (non-hydrogen) atoms. The highest BCUT2D eigenvalue weighted by Crippen LogP contribution is 2.39. The van der Waals surface area contributed by atoms with Crippen LogP contribution < -0.4 is 19.9 Å². The Kier molecular flexibility index (Phi) is 3.99. The summed E-state index contributed by atoms with van der Waals surface area (Å²) in [6, 6.07) is 7.93. The van der Waals surface area contributed by atoms with Gasteiger partial charge in [0.05, 0.1) is 6.04 Å². The van der Waals surface area contributed by atoms with Crippen LogP contribution in [0.4, 0.5) is 13.2 Å². The molecule has 0 unspecified atom stereocenters. The van der Waals surface area contributed by atoms with Gasteiger partial charge in [0.1, 0.15) is 5.75 Å². The lowest BCUT2D eigenvalue weighted by molar-refractivity contribution is -0.274. The smallest absolute Gasteiger partial charge is 0.454 e. The Bertz CT molecular complexity index is 719. The second-order valence-corrected chi connectivity index (χ2v) is 5.23. The molecule has 3 rings (SSSR count). The second kappa shape index (κ2) is 5.82. The molecule has 0 amide bonds. The first-order chi connectivity index (χ1) is 10.8. The molecule has 122 valence electrons. The van der Waals surface area contributed by atoms with Gasteiger partial charge in [-0.25, -0.2) is 0 Å². The third-order valence-corrected chi connectivity index (χ3v) is 3.63. The second-order valence-electron chi connectivity index (χ2n) is 4.82. The summed E-state index contributed by atoms with van der Waals surface area (Å²) < 4.78 is 50.8. The van der Waals surface area contributed by atoms with Gasteiger partial charge in [0.15, 0.2) is 11.5 Å². The number of hydrogen-bond acceptors (Lipinski definition) is 4. The van der Waals surface area contributed by atoms with E-state index in [0.29, 0.717) is 27.6 Å². The van der Waals surface area contributed by atoms with Gasteiger partial charge in [-0.15, -0.1) is 13.2 Å². The molecule has 2 aromatic rings. The van der Waals surface area contributed by atoms with Crippen molar-refractivity contribution in [2.75, 3.05) is 6.79 Å². The van der Waals surface area contributed by atoms with E-state index in [0.717, 1.165) is 0 Å². The fourth-order valence-electron chi connectivity index (χ4n) is 2.23. The average molecular weight is 346 g/mol. The van der Waals surface area contributed by atoms with Crippen molar-refractivity contribution < 1.29 is 27.4 Å². The van der Waals surface area contributed by atoms with Gasteiger partial charge in [-0.05, 0) is 29.3 Å². The SMILES string of the molecule is N[C@@H](c1ccc(OC(F)(F)F)cc1)c1cc2c(cc1Cl)OCO2. The lowest BCUT2D eigenvalue weighted by Gasteiger charge is -2.16. The summed E-state index contributed by atoms with van der Waals surface area (Å²) in [5.74, 6) is 0.738. The Morgan fingerprint density at radius 3 is 2.30 bits per heavy atom. The molecule has 1 aliphatic rings. The van der Waals surface area contributed by atoms with E-state index < -0.39 is 12.4 Å². The predicted octanol–water partition coefficient (Wildman–Crippen LogP) is 4.02. The van der Waals surface area contributed by atoms with Gasteiger partial charge in [0, 0.05) is 11.1 Å². The molecular formula is C15H11ClF3NO3. The Morgan fingerprint density at radius 1 is 1.09 bits per heavy atom. The van der Waals surface area contributed by atoms with Gasteiger partial charge in [-0.3, -0.25) is 0 Å². The van der Waals surface area contributed by atoms with E-state index in [1.54, 1.807) is 12.1 Å². The first-order valence-corrected chi connectivity index (χ1v) is 6.91. The number of rotatable bonds is 3. The molecule has 0 fully saturated rings. The minimum absolute atomic E-state index is 0.105. The van der Waals surface area contributed by atoms with Crippen LogP contribution in [0.15, 0.2) is 36.4 Å². The van der Waals surface area contributed by atoms with Crippen molar-refractivity contribution in [1.82, 2.24) is 0 Å². The lowest BCUT2D eigenvalue weighted by atomic mass is 9.99. The molecule has 0 aliphatic carbocycles. The van der Waals surface area contributed by atoms with Crippen LogP contribution in [0.2, 0.25) is 5.02 Å². The zero-order valence-corrected chi connectivity index (χ0v) is 12.3. The van der Waals surface area contributed by atoms with E-state index in [1.165, 1.54) is 24.3 Å². The van der Waals surface area contributed by atoms with Crippen molar-refractivity contribution >= 4 is 11.6 Å². The fourth-order valence-corrected chi connectivity index (χ4v) is 2.50. The van der Waals surface area contributed by atoms with Crippen LogP contribution in [-0.4, -0.2) is 13.2 Å². The van der Waals surface area contributed by atoms with Crippen LogP contribution in [0.25, 0.3) is 0 Å². The fraction of sp³-hybridized carbons (Fsp3) is 0.200. The van der Waals surface area contributed by atoms with Crippen LogP contribution in [0.3, 0.4) is 0 Å².